The standard InChI is InChI=1S/C17H17NO2S3/c1-12-6-13(2)8-14(7-12)10-23(19,20)11-15-9-22-17(18-15)16-4-3-5-21-16/h3-9H,10-11H2,1-2H3. The minimum atomic E-state index is -3.23. The van der Waals surface area contributed by atoms with Crippen LogP contribution < -0.4 is 0 Å². The number of benzene rings is 1. The van der Waals surface area contributed by atoms with Crippen LogP contribution in [0.15, 0.2) is 41.1 Å². The van der Waals surface area contributed by atoms with Crippen molar-refractivity contribution < 1.29 is 8.42 Å². The fourth-order valence-corrected chi connectivity index (χ4v) is 5.68. The highest BCUT2D eigenvalue weighted by Gasteiger charge is 2.16. The van der Waals surface area contributed by atoms with E-state index in [-0.39, 0.29) is 11.5 Å². The average Bonchev–Trinajstić information content (AvgIpc) is 3.06. The molecule has 0 aliphatic carbocycles. The molecule has 120 valence electrons. The van der Waals surface area contributed by atoms with Crippen LogP contribution in [-0.2, 0) is 21.3 Å². The Kier molecular flexibility index (Phi) is 4.66. The van der Waals surface area contributed by atoms with Gasteiger partial charge in [-0.3, -0.25) is 0 Å². The van der Waals surface area contributed by atoms with Gasteiger partial charge in [-0.1, -0.05) is 35.4 Å². The lowest BCUT2D eigenvalue weighted by atomic mass is 10.1. The van der Waals surface area contributed by atoms with Gasteiger partial charge >= 0.3 is 0 Å². The van der Waals surface area contributed by atoms with E-state index in [0.717, 1.165) is 26.6 Å². The summed E-state index contributed by atoms with van der Waals surface area (Å²) in [6, 6.07) is 9.88. The van der Waals surface area contributed by atoms with Crippen LogP contribution in [0, 0.1) is 13.8 Å². The van der Waals surface area contributed by atoms with Gasteiger partial charge in [0.25, 0.3) is 0 Å². The SMILES string of the molecule is Cc1cc(C)cc(CS(=O)(=O)Cc2csc(-c3cccs3)n2)c1. The lowest BCUT2D eigenvalue weighted by Gasteiger charge is -2.06. The lowest BCUT2D eigenvalue weighted by Crippen LogP contribution is -2.08. The zero-order valence-electron chi connectivity index (χ0n) is 12.9. The second kappa shape index (κ2) is 6.55. The number of sulfone groups is 1. The van der Waals surface area contributed by atoms with E-state index in [1.807, 2.05) is 54.9 Å². The monoisotopic (exact) mass is 363 g/mol. The molecule has 0 fully saturated rings. The van der Waals surface area contributed by atoms with Gasteiger partial charge in [-0.25, -0.2) is 13.4 Å². The van der Waals surface area contributed by atoms with E-state index < -0.39 is 9.84 Å². The number of hydrogen-bond donors (Lipinski definition) is 0. The Balaban J connectivity index is 1.76. The van der Waals surface area contributed by atoms with E-state index >= 15 is 0 Å². The van der Waals surface area contributed by atoms with Gasteiger partial charge in [-0.2, -0.15) is 0 Å². The maximum atomic E-state index is 12.5. The molecule has 0 spiro atoms. The van der Waals surface area contributed by atoms with Gasteiger partial charge in [0.1, 0.15) is 5.01 Å². The number of hydrogen-bond acceptors (Lipinski definition) is 5. The topological polar surface area (TPSA) is 47.0 Å². The second-order valence-electron chi connectivity index (χ2n) is 5.65. The van der Waals surface area contributed by atoms with Gasteiger partial charge in [-0.05, 0) is 30.9 Å². The highest BCUT2D eigenvalue weighted by molar-refractivity contribution is 7.89. The fourth-order valence-electron chi connectivity index (χ4n) is 2.57. The van der Waals surface area contributed by atoms with Crippen LogP contribution in [-0.4, -0.2) is 13.4 Å². The van der Waals surface area contributed by atoms with Gasteiger partial charge in [0.2, 0.25) is 0 Å². The van der Waals surface area contributed by atoms with Crippen LogP contribution in [0.1, 0.15) is 22.4 Å². The summed E-state index contributed by atoms with van der Waals surface area (Å²) in [6.07, 6.45) is 0. The van der Waals surface area contributed by atoms with E-state index in [2.05, 4.69) is 4.98 Å². The van der Waals surface area contributed by atoms with Crippen LogP contribution >= 0.6 is 22.7 Å². The number of thiazole rings is 1. The smallest absolute Gasteiger partial charge is 0.160 e. The average molecular weight is 364 g/mol. The van der Waals surface area contributed by atoms with Gasteiger partial charge in [-0.15, -0.1) is 22.7 Å². The highest BCUT2D eigenvalue weighted by atomic mass is 32.2. The molecule has 0 aliphatic heterocycles. The summed E-state index contributed by atoms with van der Waals surface area (Å²) < 4.78 is 24.9. The predicted molar refractivity (Wildman–Crippen MR) is 97.7 cm³/mol. The first-order valence-corrected chi connectivity index (χ1v) is 10.8. The van der Waals surface area contributed by atoms with Gasteiger partial charge < -0.3 is 0 Å². The first kappa shape index (κ1) is 16.4. The molecule has 0 atom stereocenters. The van der Waals surface area contributed by atoms with Crippen molar-refractivity contribution in [2.75, 3.05) is 0 Å². The number of nitrogens with zero attached hydrogens (tertiary/aromatic N) is 1. The summed E-state index contributed by atoms with van der Waals surface area (Å²) in [5.41, 5.74) is 3.65. The Morgan fingerprint density at radius 2 is 1.78 bits per heavy atom. The molecule has 3 aromatic rings. The molecule has 0 radical (unpaired) electrons. The molecule has 3 nitrogen and oxygen atoms in total. The fraction of sp³-hybridized carbons (Fsp3) is 0.235. The minimum Gasteiger partial charge on any atom is -0.239 e. The van der Waals surface area contributed by atoms with Crippen LogP contribution in [0.2, 0.25) is 0 Å². The maximum Gasteiger partial charge on any atom is 0.160 e. The van der Waals surface area contributed by atoms with E-state index in [1.165, 1.54) is 11.3 Å². The Hall–Kier alpha value is -1.50. The van der Waals surface area contributed by atoms with Crippen molar-refractivity contribution in [2.45, 2.75) is 25.4 Å². The number of aryl methyl sites for hydroxylation is 2. The molecule has 2 aromatic heterocycles. The molecule has 1 aromatic carbocycles. The van der Waals surface area contributed by atoms with Crippen molar-refractivity contribution in [2.24, 2.45) is 0 Å². The number of rotatable bonds is 5. The summed E-state index contributed by atoms with van der Waals surface area (Å²) in [6.45, 7) is 3.97. The molecule has 23 heavy (non-hydrogen) atoms. The first-order valence-electron chi connectivity index (χ1n) is 7.17. The number of aromatic nitrogens is 1. The Morgan fingerprint density at radius 3 is 2.43 bits per heavy atom. The van der Waals surface area contributed by atoms with Crippen molar-refractivity contribution in [3.8, 4) is 9.88 Å². The van der Waals surface area contributed by atoms with Crippen molar-refractivity contribution in [1.82, 2.24) is 4.98 Å². The normalized spacial score (nSPS) is 11.7. The minimum absolute atomic E-state index is 0.0120. The van der Waals surface area contributed by atoms with E-state index in [9.17, 15) is 8.42 Å². The molecule has 6 heteroatoms. The first-order chi connectivity index (χ1) is 10.9. The highest BCUT2D eigenvalue weighted by Crippen LogP contribution is 2.28. The van der Waals surface area contributed by atoms with E-state index in [0.29, 0.717) is 5.69 Å². The molecule has 0 saturated heterocycles. The zero-order valence-corrected chi connectivity index (χ0v) is 15.4. The third-order valence-corrected chi connectivity index (χ3v) is 6.76. The number of thiophene rings is 1. The predicted octanol–water partition coefficient (Wildman–Crippen LogP) is 4.60. The second-order valence-corrected chi connectivity index (χ2v) is 9.52. The molecule has 0 N–H and O–H groups in total. The molecule has 0 saturated carbocycles. The summed E-state index contributed by atoms with van der Waals surface area (Å²) in [5, 5.41) is 4.72. The third kappa shape index (κ3) is 4.28. The zero-order chi connectivity index (χ0) is 16.4. The molecule has 0 aliphatic rings. The lowest BCUT2D eigenvalue weighted by molar-refractivity contribution is 0.594. The Bertz CT molecular complexity index is 889. The van der Waals surface area contributed by atoms with Gasteiger partial charge in [0.05, 0.1) is 22.1 Å². The summed E-state index contributed by atoms with van der Waals surface area (Å²) in [7, 11) is -3.23. The van der Waals surface area contributed by atoms with Crippen LogP contribution in [0.25, 0.3) is 9.88 Å². The summed E-state index contributed by atoms with van der Waals surface area (Å²) in [4.78, 5) is 5.54. The molecular weight excluding hydrogens is 346 g/mol. The van der Waals surface area contributed by atoms with Crippen LogP contribution in [0.3, 0.4) is 0 Å². The molecule has 0 bridgehead atoms. The van der Waals surface area contributed by atoms with Crippen molar-refractivity contribution in [1.29, 1.82) is 0 Å². The van der Waals surface area contributed by atoms with Gasteiger partial charge in [0, 0.05) is 5.38 Å². The largest absolute Gasteiger partial charge is 0.239 e. The van der Waals surface area contributed by atoms with Gasteiger partial charge in [0.15, 0.2) is 9.84 Å². The summed E-state index contributed by atoms with van der Waals surface area (Å²) >= 11 is 3.11. The maximum absolute atomic E-state index is 12.5. The van der Waals surface area contributed by atoms with E-state index in [1.54, 1.807) is 11.3 Å². The van der Waals surface area contributed by atoms with E-state index in [4.69, 9.17) is 0 Å². The summed E-state index contributed by atoms with van der Waals surface area (Å²) in [5.74, 6) is 0.0449. The van der Waals surface area contributed by atoms with Crippen molar-refractivity contribution >= 4 is 32.5 Å². The van der Waals surface area contributed by atoms with Crippen LogP contribution in [0.4, 0.5) is 0 Å². The third-order valence-electron chi connectivity index (χ3n) is 3.32. The molecule has 3 rings (SSSR count). The quantitative estimate of drug-likeness (QED) is 0.665. The Labute approximate surface area is 144 Å². The molecule has 0 unspecified atom stereocenters. The molecular formula is C17H17NO2S3. The Morgan fingerprint density at radius 1 is 1.04 bits per heavy atom. The van der Waals surface area contributed by atoms with Crippen LogP contribution in [0.5, 0.6) is 0 Å². The van der Waals surface area contributed by atoms with Crippen molar-refractivity contribution in [3.05, 3.63) is 63.5 Å². The molecule has 0 amide bonds. The van der Waals surface area contributed by atoms with Crippen molar-refractivity contribution in [3.63, 3.8) is 0 Å². The molecule has 2 heterocycles.